The number of hydrogen-bond acceptors (Lipinski definition) is 2. The van der Waals surface area contributed by atoms with Crippen molar-refractivity contribution in [1.82, 2.24) is 4.90 Å². The number of carbonyl (C=O) groups excluding carboxylic acids is 1. The van der Waals surface area contributed by atoms with E-state index in [2.05, 4.69) is 20.8 Å². The lowest BCUT2D eigenvalue weighted by Gasteiger charge is -2.26. The fraction of sp³-hybridized carbons (Fsp3) is 0.900. The van der Waals surface area contributed by atoms with Gasteiger partial charge >= 0.3 is 6.09 Å². The molecule has 0 spiro atoms. The number of rotatable bonds is 2. The maximum atomic E-state index is 11.3. The molecule has 0 fully saturated rings. The fourth-order valence-electron chi connectivity index (χ4n) is 1.07. The van der Waals surface area contributed by atoms with Crippen molar-refractivity contribution in [2.75, 3.05) is 13.6 Å². The predicted molar refractivity (Wildman–Crippen MR) is 53.7 cm³/mol. The zero-order valence-electron chi connectivity index (χ0n) is 9.55. The van der Waals surface area contributed by atoms with E-state index in [1.807, 2.05) is 13.8 Å². The Balaban J connectivity index is 3.97. The van der Waals surface area contributed by atoms with Gasteiger partial charge in [0.2, 0.25) is 0 Å². The molecule has 0 unspecified atom stereocenters. The van der Waals surface area contributed by atoms with Gasteiger partial charge in [-0.3, -0.25) is 0 Å². The number of amides is 1. The third-order valence-corrected chi connectivity index (χ3v) is 1.36. The van der Waals surface area contributed by atoms with Gasteiger partial charge in [0, 0.05) is 13.6 Å². The molecule has 0 aromatic heterocycles. The standard InChI is InChI=1S/C10H21NO2/c1-8(2)13-9(12)11(6)7-10(3,4)5/h8H,7H2,1-6H3. The Morgan fingerprint density at radius 2 is 1.85 bits per heavy atom. The molecule has 0 aliphatic carbocycles. The summed E-state index contributed by atoms with van der Waals surface area (Å²) in [6.07, 6.45) is -0.292. The van der Waals surface area contributed by atoms with Crippen molar-refractivity contribution in [3.8, 4) is 0 Å². The average molecular weight is 187 g/mol. The molecule has 0 atom stereocenters. The molecular formula is C10H21NO2. The van der Waals surface area contributed by atoms with Crippen LogP contribution in [0.3, 0.4) is 0 Å². The molecule has 0 saturated heterocycles. The van der Waals surface area contributed by atoms with E-state index in [4.69, 9.17) is 4.74 Å². The largest absolute Gasteiger partial charge is 0.447 e. The molecule has 0 aliphatic rings. The molecule has 0 radical (unpaired) electrons. The van der Waals surface area contributed by atoms with Crippen LogP contribution in [-0.4, -0.2) is 30.7 Å². The van der Waals surface area contributed by atoms with Crippen LogP contribution in [0.25, 0.3) is 0 Å². The van der Waals surface area contributed by atoms with E-state index in [0.717, 1.165) is 0 Å². The van der Waals surface area contributed by atoms with Crippen LogP contribution >= 0.6 is 0 Å². The quantitative estimate of drug-likeness (QED) is 0.664. The Kier molecular flexibility index (Phi) is 4.24. The van der Waals surface area contributed by atoms with Crippen molar-refractivity contribution in [3.05, 3.63) is 0 Å². The number of hydrogen-bond donors (Lipinski definition) is 0. The second-order valence-corrected chi connectivity index (χ2v) is 4.85. The van der Waals surface area contributed by atoms with Gasteiger partial charge in [-0.05, 0) is 19.3 Å². The lowest BCUT2D eigenvalue weighted by Crippen LogP contribution is -2.35. The Bertz CT molecular complexity index is 170. The first-order valence-corrected chi connectivity index (χ1v) is 4.64. The molecule has 0 rings (SSSR count). The van der Waals surface area contributed by atoms with Gasteiger partial charge in [-0.2, -0.15) is 0 Å². The van der Waals surface area contributed by atoms with Crippen LogP contribution in [0, 0.1) is 5.41 Å². The average Bonchev–Trinajstić information content (AvgIpc) is 1.81. The highest BCUT2D eigenvalue weighted by molar-refractivity contribution is 5.67. The van der Waals surface area contributed by atoms with E-state index in [9.17, 15) is 4.79 Å². The third-order valence-electron chi connectivity index (χ3n) is 1.36. The van der Waals surface area contributed by atoms with Crippen LogP contribution in [0.1, 0.15) is 34.6 Å². The van der Waals surface area contributed by atoms with E-state index >= 15 is 0 Å². The molecule has 0 aliphatic heterocycles. The minimum atomic E-state index is -0.245. The molecule has 13 heavy (non-hydrogen) atoms. The highest BCUT2D eigenvalue weighted by Gasteiger charge is 2.18. The van der Waals surface area contributed by atoms with Gasteiger partial charge in [0.05, 0.1) is 6.10 Å². The second kappa shape index (κ2) is 4.49. The van der Waals surface area contributed by atoms with Gasteiger partial charge < -0.3 is 9.64 Å². The Morgan fingerprint density at radius 1 is 1.38 bits per heavy atom. The Morgan fingerprint density at radius 3 is 2.15 bits per heavy atom. The Labute approximate surface area is 81.1 Å². The van der Waals surface area contributed by atoms with E-state index in [1.165, 1.54) is 0 Å². The SMILES string of the molecule is CC(C)OC(=O)N(C)CC(C)(C)C. The molecule has 0 saturated carbocycles. The zero-order chi connectivity index (χ0) is 10.6. The predicted octanol–water partition coefficient (Wildman–Crippen LogP) is 2.51. The first-order chi connectivity index (χ1) is 5.72. The molecule has 3 heteroatoms. The van der Waals surface area contributed by atoms with E-state index in [0.29, 0.717) is 6.54 Å². The lowest BCUT2D eigenvalue weighted by molar-refractivity contribution is 0.0750. The maximum absolute atomic E-state index is 11.3. The first kappa shape index (κ1) is 12.3. The van der Waals surface area contributed by atoms with Crippen molar-refractivity contribution in [3.63, 3.8) is 0 Å². The van der Waals surface area contributed by atoms with Crippen LogP contribution in [-0.2, 0) is 4.74 Å². The molecule has 0 aromatic carbocycles. The zero-order valence-corrected chi connectivity index (χ0v) is 9.55. The maximum Gasteiger partial charge on any atom is 0.409 e. The lowest BCUT2D eigenvalue weighted by atomic mass is 9.96. The summed E-state index contributed by atoms with van der Waals surface area (Å²) in [6, 6.07) is 0. The summed E-state index contributed by atoms with van der Waals surface area (Å²) >= 11 is 0. The van der Waals surface area contributed by atoms with E-state index < -0.39 is 0 Å². The minimum absolute atomic E-state index is 0.0464. The molecule has 0 aromatic rings. The summed E-state index contributed by atoms with van der Waals surface area (Å²) < 4.78 is 5.04. The highest BCUT2D eigenvalue weighted by Crippen LogP contribution is 2.14. The van der Waals surface area contributed by atoms with Gasteiger partial charge in [0.1, 0.15) is 0 Å². The van der Waals surface area contributed by atoms with Crippen LogP contribution in [0.5, 0.6) is 0 Å². The van der Waals surface area contributed by atoms with Crippen LogP contribution in [0.15, 0.2) is 0 Å². The molecule has 0 N–H and O–H groups in total. The monoisotopic (exact) mass is 187 g/mol. The van der Waals surface area contributed by atoms with Crippen molar-refractivity contribution in [1.29, 1.82) is 0 Å². The summed E-state index contributed by atoms with van der Waals surface area (Å²) in [5.41, 5.74) is 0.116. The van der Waals surface area contributed by atoms with E-state index in [-0.39, 0.29) is 17.6 Å². The topological polar surface area (TPSA) is 29.5 Å². The van der Waals surface area contributed by atoms with Gasteiger partial charge in [0.25, 0.3) is 0 Å². The summed E-state index contributed by atoms with van der Waals surface area (Å²) in [6.45, 7) is 10.7. The fourth-order valence-corrected chi connectivity index (χ4v) is 1.07. The molecule has 3 nitrogen and oxygen atoms in total. The number of nitrogens with zero attached hydrogens (tertiary/aromatic N) is 1. The molecule has 1 amide bonds. The van der Waals surface area contributed by atoms with Crippen LogP contribution in [0.2, 0.25) is 0 Å². The van der Waals surface area contributed by atoms with Gasteiger partial charge in [0.15, 0.2) is 0 Å². The summed E-state index contributed by atoms with van der Waals surface area (Å²) in [5, 5.41) is 0. The third kappa shape index (κ3) is 6.43. The summed E-state index contributed by atoms with van der Waals surface area (Å²) in [5.74, 6) is 0. The Hall–Kier alpha value is -0.730. The smallest absolute Gasteiger partial charge is 0.409 e. The minimum Gasteiger partial charge on any atom is -0.447 e. The first-order valence-electron chi connectivity index (χ1n) is 4.64. The molecular weight excluding hydrogens is 166 g/mol. The molecule has 78 valence electrons. The van der Waals surface area contributed by atoms with Gasteiger partial charge in [-0.1, -0.05) is 20.8 Å². The molecule has 0 heterocycles. The van der Waals surface area contributed by atoms with Crippen LogP contribution in [0.4, 0.5) is 4.79 Å². The highest BCUT2D eigenvalue weighted by atomic mass is 16.6. The van der Waals surface area contributed by atoms with Crippen molar-refractivity contribution in [2.24, 2.45) is 5.41 Å². The van der Waals surface area contributed by atoms with Gasteiger partial charge in [-0.15, -0.1) is 0 Å². The van der Waals surface area contributed by atoms with Gasteiger partial charge in [-0.25, -0.2) is 4.79 Å². The van der Waals surface area contributed by atoms with Crippen molar-refractivity contribution in [2.45, 2.75) is 40.7 Å². The normalized spacial score (nSPS) is 11.6. The number of ether oxygens (including phenoxy) is 1. The van der Waals surface area contributed by atoms with Crippen LogP contribution < -0.4 is 0 Å². The molecule has 0 bridgehead atoms. The summed E-state index contributed by atoms with van der Waals surface area (Å²) in [7, 11) is 1.76. The summed E-state index contributed by atoms with van der Waals surface area (Å²) in [4.78, 5) is 12.9. The number of carbonyl (C=O) groups is 1. The van der Waals surface area contributed by atoms with Crippen molar-refractivity contribution < 1.29 is 9.53 Å². The van der Waals surface area contributed by atoms with E-state index in [1.54, 1.807) is 11.9 Å². The second-order valence-electron chi connectivity index (χ2n) is 4.85. The van der Waals surface area contributed by atoms with Crippen molar-refractivity contribution >= 4 is 6.09 Å².